The van der Waals surface area contributed by atoms with Gasteiger partial charge in [0.05, 0.1) is 11.0 Å². The molecule has 0 fully saturated rings. The van der Waals surface area contributed by atoms with Gasteiger partial charge in [0.15, 0.2) is 5.84 Å². The van der Waals surface area contributed by atoms with Gasteiger partial charge in [-0.2, -0.15) is 0 Å². The van der Waals surface area contributed by atoms with Crippen molar-refractivity contribution in [1.29, 1.82) is 0 Å². The molecule has 1 N–H and O–H groups in total. The summed E-state index contributed by atoms with van der Waals surface area (Å²) in [4.78, 5) is 10.2. The van der Waals surface area contributed by atoms with E-state index in [4.69, 9.17) is 14.4 Å². The van der Waals surface area contributed by atoms with Crippen LogP contribution >= 0.6 is 0 Å². The number of nitrogens with one attached hydrogen (secondary N) is 1. The molecule has 2 aromatic heterocycles. The van der Waals surface area contributed by atoms with Crippen molar-refractivity contribution < 1.29 is 4.42 Å². The van der Waals surface area contributed by atoms with Gasteiger partial charge >= 0.3 is 0 Å². The summed E-state index contributed by atoms with van der Waals surface area (Å²) in [5, 5.41) is 8.11. The van der Waals surface area contributed by atoms with Crippen LogP contribution in [0.25, 0.3) is 71.7 Å². The summed E-state index contributed by atoms with van der Waals surface area (Å²) in [6, 6.07) is 68.1. The average molecular weight is 719 g/mol. The van der Waals surface area contributed by atoms with Gasteiger partial charge in [-0.1, -0.05) is 158 Å². The van der Waals surface area contributed by atoms with E-state index >= 15 is 0 Å². The second-order valence-electron chi connectivity index (χ2n) is 14.2. The molecule has 1 unspecified atom stereocenters. The lowest BCUT2D eigenvalue weighted by Crippen LogP contribution is -2.33. The van der Waals surface area contributed by atoms with Gasteiger partial charge in [0.25, 0.3) is 0 Å². The molecule has 3 heterocycles. The smallest absolute Gasteiger partial charge is 0.159 e. The summed E-state index contributed by atoms with van der Waals surface area (Å²) in [5.74, 6) is 1.45. The number of hydrogen-bond acceptors (Lipinski definition) is 4. The first-order valence-electron chi connectivity index (χ1n) is 18.9. The molecule has 1 aliphatic heterocycles. The van der Waals surface area contributed by atoms with E-state index in [0.717, 1.165) is 61.2 Å². The zero-order valence-corrected chi connectivity index (χ0v) is 30.3. The van der Waals surface area contributed by atoms with Crippen molar-refractivity contribution in [1.82, 2.24) is 9.88 Å². The number of rotatable bonds is 6. The second-order valence-corrected chi connectivity index (χ2v) is 14.2. The average Bonchev–Trinajstić information content (AvgIpc) is 3.82. The summed E-state index contributed by atoms with van der Waals surface area (Å²) >= 11 is 0. The minimum Gasteiger partial charge on any atom is -0.456 e. The van der Waals surface area contributed by atoms with E-state index < -0.39 is 0 Å². The minimum absolute atomic E-state index is 0.296. The quantitative estimate of drug-likeness (QED) is 0.186. The Kier molecular flexibility index (Phi) is 7.49. The molecule has 0 radical (unpaired) electrons. The molecule has 0 aliphatic carbocycles. The Bertz CT molecular complexity index is 3050. The van der Waals surface area contributed by atoms with Gasteiger partial charge in [0, 0.05) is 44.4 Å². The summed E-state index contributed by atoms with van der Waals surface area (Å²) in [6.07, 6.45) is -0.296. The SMILES string of the molecule is c1ccc(C2=NC(c3ccccc3)NC(c3cccc4oc5cc(-n6c7cc(-c8ccccc8)ccc7c7ccc(-c8ccccc8)cc76)ccc5c34)=N2)cc1. The molecule has 5 nitrogen and oxygen atoms in total. The molecule has 11 rings (SSSR count). The van der Waals surface area contributed by atoms with Gasteiger partial charge in [-0.15, -0.1) is 0 Å². The molecule has 8 aromatic carbocycles. The molecule has 0 saturated heterocycles. The van der Waals surface area contributed by atoms with Crippen LogP contribution in [0.5, 0.6) is 0 Å². The van der Waals surface area contributed by atoms with Crippen molar-refractivity contribution in [2.45, 2.75) is 6.17 Å². The van der Waals surface area contributed by atoms with Crippen LogP contribution in [0.4, 0.5) is 0 Å². The highest BCUT2D eigenvalue weighted by Crippen LogP contribution is 2.39. The number of furan rings is 1. The molecular weight excluding hydrogens is 685 g/mol. The number of fused-ring (bicyclic) bond motifs is 6. The Hall–Kier alpha value is -7.50. The van der Waals surface area contributed by atoms with Crippen LogP contribution in [-0.2, 0) is 0 Å². The Morgan fingerprint density at radius 1 is 0.464 bits per heavy atom. The van der Waals surface area contributed by atoms with Crippen molar-refractivity contribution in [3.8, 4) is 27.9 Å². The van der Waals surface area contributed by atoms with Crippen LogP contribution < -0.4 is 5.32 Å². The lowest BCUT2D eigenvalue weighted by molar-refractivity contribution is 0.667. The van der Waals surface area contributed by atoms with Crippen molar-refractivity contribution in [2.75, 3.05) is 0 Å². The third-order valence-electron chi connectivity index (χ3n) is 10.9. The molecule has 0 saturated carbocycles. The second kappa shape index (κ2) is 13.1. The van der Waals surface area contributed by atoms with Gasteiger partial charge in [0.2, 0.25) is 0 Å². The number of hydrogen-bond donors (Lipinski definition) is 1. The van der Waals surface area contributed by atoms with E-state index in [1.165, 1.54) is 33.0 Å². The Morgan fingerprint density at radius 3 is 1.66 bits per heavy atom. The molecular formula is C51H34N4O. The molecule has 0 spiro atoms. The molecule has 56 heavy (non-hydrogen) atoms. The number of benzene rings is 8. The normalized spacial score (nSPS) is 14.2. The van der Waals surface area contributed by atoms with Gasteiger partial charge in [-0.3, -0.25) is 0 Å². The first kappa shape index (κ1) is 32.0. The van der Waals surface area contributed by atoms with Crippen molar-refractivity contribution >= 4 is 55.4 Å². The molecule has 0 amide bonds. The number of nitrogens with zero attached hydrogens (tertiary/aromatic N) is 3. The maximum absolute atomic E-state index is 6.73. The monoisotopic (exact) mass is 718 g/mol. The zero-order chi connectivity index (χ0) is 37.0. The molecule has 5 heteroatoms. The first-order valence-corrected chi connectivity index (χ1v) is 18.9. The van der Waals surface area contributed by atoms with Crippen LogP contribution in [0.2, 0.25) is 0 Å². The van der Waals surface area contributed by atoms with Crippen LogP contribution in [0.1, 0.15) is 22.9 Å². The fraction of sp³-hybridized carbons (Fsp3) is 0.0196. The van der Waals surface area contributed by atoms with Crippen molar-refractivity contribution in [3.05, 3.63) is 211 Å². The topological polar surface area (TPSA) is 54.8 Å². The highest BCUT2D eigenvalue weighted by molar-refractivity contribution is 6.22. The third kappa shape index (κ3) is 5.40. The summed E-state index contributed by atoms with van der Waals surface area (Å²) in [5.41, 5.74) is 12.7. The Labute approximate surface area is 323 Å². The van der Waals surface area contributed by atoms with E-state index in [0.29, 0.717) is 5.84 Å². The Balaban J connectivity index is 1.09. The van der Waals surface area contributed by atoms with E-state index in [9.17, 15) is 0 Å². The number of aliphatic imine (C=N–C) groups is 2. The number of amidine groups is 2. The predicted molar refractivity (Wildman–Crippen MR) is 231 cm³/mol. The molecule has 10 aromatic rings. The third-order valence-corrected chi connectivity index (χ3v) is 10.9. The molecule has 1 aliphatic rings. The van der Waals surface area contributed by atoms with Gasteiger partial charge in [-0.25, -0.2) is 9.98 Å². The fourth-order valence-electron chi connectivity index (χ4n) is 8.18. The molecule has 1 atom stereocenters. The predicted octanol–water partition coefficient (Wildman–Crippen LogP) is 12.5. The lowest BCUT2D eigenvalue weighted by atomic mass is 10.0. The largest absolute Gasteiger partial charge is 0.456 e. The van der Waals surface area contributed by atoms with Crippen molar-refractivity contribution in [3.63, 3.8) is 0 Å². The van der Waals surface area contributed by atoms with Crippen molar-refractivity contribution in [2.24, 2.45) is 9.98 Å². The standard InChI is InChI=1S/C51H34N4O/c1-5-14-33(15-6-1)37-24-27-40-41-28-25-38(34-16-7-2-8-17-34)31-45(41)55(44(40)30-37)39-26-29-42-47(32-39)56-46-23-13-22-43(48(42)46)51-53-49(35-18-9-3-10-19-35)52-50(54-51)36-20-11-4-12-21-36/h1-32,49H,(H,52,53,54). The zero-order valence-electron chi connectivity index (χ0n) is 30.3. The van der Waals surface area contributed by atoms with Crippen LogP contribution in [0, 0.1) is 0 Å². The van der Waals surface area contributed by atoms with E-state index in [1.807, 2.05) is 48.5 Å². The first-order chi connectivity index (χ1) is 27.7. The highest BCUT2D eigenvalue weighted by Gasteiger charge is 2.24. The minimum atomic E-state index is -0.296. The molecule has 264 valence electrons. The highest BCUT2D eigenvalue weighted by atomic mass is 16.3. The van der Waals surface area contributed by atoms with Gasteiger partial charge < -0.3 is 14.3 Å². The maximum atomic E-state index is 6.73. The lowest BCUT2D eigenvalue weighted by Gasteiger charge is -2.24. The number of aromatic nitrogens is 1. The summed E-state index contributed by atoms with van der Waals surface area (Å²) in [7, 11) is 0. The maximum Gasteiger partial charge on any atom is 0.159 e. The van der Waals surface area contributed by atoms with E-state index in [-0.39, 0.29) is 6.17 Å². The van der Waals surface area contributed by atoms with E-state index in [2.05, 4.69) is 155 Å². The fourth-order valence-corrected chi connectivity index (χ4v) is 8.18. The summed E-state index contributed by atoms with van der Waals surface area (Å²) in [6.45, 7) is 0. The summed E-state index contributed by atoms with van der Waals surface area (Å²) < 4.78 is 9.12. The van der Waals surface area contributed by atoms with Gasteiger partial charge in [0.1, 0.15) is 23.2 Å². The van der Waals surface area contributed by atoms with Crippen LogP contribution in [0.3, 0.4) is 0 Å². The van der Waals surface area contributed by atoms with E-state index in [1.54, 1.807) is 0 Å². The molecule has 0 bridgehead atoms. The van der Waals surface area contributed by atoms with Crippen LogP contribution in [0.15, 0.2) is 209 Å². The van der Waals surface area contributed by atoms with Gasteiger partial charge in [-0.05, 0) is 58.1 Å². The Morgan fingerprint density at radius 2 is 1.04 bits per heavy atom. The van der Waals surface area contributed by atoms with Crippen LogP contribution in [-0.4, -0.2) is 16.2 Å².